The maximum Gasteiger partial charge on any atom is 0.161 e. The molecule has 0 aliphatic heterocycles. The molecule has 0 aliphatic rings. The highest BCUT2D eigenvalue weighted by atomic mass is 79.9. The Bertz CT molecular complexity index is 519. The lowest BCUT2D eigenvalue weighted by Crippen LogP contribution is -2.03. The number of alkyl halides is 1. The van der Waals surface area contributed by atoms with Crippen LogP contribution in [0.25, 0.3) is 0 Å². The van der Waals surface area contributed by atoms with E-state index >= 15 is 0 Å². The van der Waals surface area contributed by atoms with E-state index in [1.165, 1.54) is 70.6 Å². The zero-order valence-corrected chi connectivity index (χ0v) is 20.0. The largest absolute Gasteiger partial charge is 0.490 e. The molecule has 0 fully saturated rings. The van der Waals surface area contributed by atoms with Crippen molar-refractivity contribution in [3.05, 3.63) is 23.8 Å². The molecule has 0 unspecified atom stereocenters. The van der Waals surface area contributed by atoms with Crippen molar-refractivity contribution < 1.29 is 14.3 Å². The highest BCUT2D eigenvalue weighted by Gasteiger charge is 2.07. The van der Waals surface area contributed by atoms with Gasteiger partial charge in [-0.05, 0) is 37.5 Å². The van der Waals surface area contributed by atoms with Crippen LogP contribution in [0.15, 0.2) is 18.2 Å². The summed E-state index contributed by atoms with van der Waals surface area (Å²) in [5.41, 5.74) is 0.630. The summed E-state index contributed by atoms with van der Waals surface area (Å²) in [5.74, 6) is 1.45. The molecule has 0 N–H and O–H groups in total. The van der Waals surface area contributed by atoms with Crippen LogP contribution in [0.4, 0.5) is 0 Å². The molecule has 0 amide bonds. The molecule has 0 aliphatic carbocycles. The van der Waals surface area contributed by atoms with Gasteiger partial charge in [0.15, 0.2) is 11.5 Å². The van der Waals surface area contributed by atoms with E-state index in [1.54, 1.807) is 12.1 Å². The monoisotopic (exact) mass is 468 g/mol. The number of unbranched alkanes of at least 4 members (excludes halogenated alkanes) is 12. The Labute approximate surface area is 187 Å². The molecule has 0 heterocycles. The van der Waals surface area contributed by atoms with E-state index in [0.29, 0.717) is 24.5 Å². The third-order valence-electron chi connectivity index (χ3n) is 5.14. The fourth-order valence-corrected chi connectivity index (χ4v) is 3.73. The summed E-state index contributed by atoms with van der Waals surface area (Å²) in [6, 6.07) is 5.45. The SMILES string of the molecule is CCCCCCCCCCCCOc1ccc(C=O)cc1OCCCCCCBr. The van der Waals surface area contributed by atoms with Gasteiger partial charge in [-0.2, -0.15) is 0 Å². The van der Waals surface area contributed by atoms with Crippen molar-refractivity contribution in [2.24, 2.45) is 0 Å². The van der Waals surface area contributed by atoms with E-state index in [0.717, 1.165) is 36.6 Å². The van der Waals surface area contributed by atoms with Crippen LogP contribution in [-0.4, -0.2) is 24.8 Å². The van der Waals surface area contributed by atoms with Crippen LogP contribution in [0.3, 0.4) is 0 Å². The Morgan fingerprint density at radius 1 is 0.724 bits per heavy atom. The lowest BCUT2D eigenvalue weighted by Gasteiger charge is -2.13. The molecule has 0 saturated heterocycles. The van der Waals surface area contributed by atoms with Crippen molar-refractivity contribution in [3.8, 4) is 11.5 Å². The maximum atomic E-state index is 11.1. The summed E-state index contributed by atoms with van der Waals surface area (Å²) in [7, 11) is 0. The van der Waals surface area contributed by atoms with E-state index in [4.69, 9.17) is 9.47 Å². The Morgan fingerprint density at radius 2 is 1.24 bits per heavy atom. The van der Waals surface area contributed by atoms with Crippen LogP contribution >= 0.6 is 15.9 Å². The van der Waals surface area contributed by atoms with Gasteiger partial charge >= 0.3 is 0 Å². The minimum Gasteiger partial charge on any atom is -0.490 e. The van der Waals surface area contributed by atoms with Crippen molar-refractivity contribution in [1.82, 2.24) is 0 Å². The van der Waals surface area contributed by atoms with Gasteiger partial charge in [-0.3, -0.25) is 4.79 Å². The number of carbonyl (C=O) groups is 1. The second-order valence-corrected chi connectivity index (χ2v) is 8.60. The summed E-state index contributed by atoms with van der Waals surface area (Å²) in [6.45, 7) is 3.64. The van der Waals surface area contributed by atoms with Gasteiger partial charge in [0.2, 0.25) is 0 Å². The van der Waals surface area contributed by atoms with Gasteiger partial charge in [-0.15, -0.1) is 0 Å². The molecule has 0 atom stereocenters. The smallest absolute Gasteiger partial charge is 0.161 e. The Morgan fingerprint density at radius 3 is 1.79 bits per heavy atom. The first-order chi connectivity index (χ1) is 14.3. The first kappa shape index (κ1) is 26.0. The standard InChI is InChI=1S/C25H41BrO3/c1-2-3-4-5-6-7-8-9-11-14-19-28-24-17-16-23(22-27)21-25(24)29-20-15-12-10-13-18-26/h16-17,21-22H,2-15,18-20H2,1H3. The zero-order chi connectivity index (χ0) is 21.0. The van der Waals surface area contributed by atoms with E-state index in [9.17, 15) is 4.79 Å². The van der Waals surface area contributed by atoms with Gasteiger partial charge < -0.3 is 9.47 Å². The third-order valence-corrected chi connectivity index (χ3v) is 5.71. The van der Waals surface area contributed by atoms with Gasteiger partial charge in [0, 0.05) is 10.9 Å². The molecule has 1 aromatic rings. The molecule has 0 saturated carbocycles. The van der Waals surface area contributed by atoms with Crippen molar-refractivity contribution in [2.75, 3.05) is 18.5 Å². The summed E-state index contributed by atoms with van der Waals surface area (Å²) in [5, 5.41) is 1.06. The molecule has 0 spiro atoms. The fraction of sp³-hybridized carbons (Fsp3) is 0.720. The van der Waals surface area contributed by atoms with Gasteiger partial charge in [0.1, 0.15) is 6.29 Å². The van der Waals surface area contributed by atoms with Gasteiger partial charge in [0.25, 0.3) is 0 Å². The summed E-state index contributed by atoms with van der Waals surface area (Å²) in [4.78, 5) is 11.1. The van der Waals surface area contributed by atoms with E-state index < -0.39 is 0 Å². The summed E-state index contributed by atoms with van der Waals surface area (Å²) in [6.07, 6.45) is 18.6. The molecular weight excluding hydrogens is 428 g/mol. The van der Waals surface area contributed by atoms with Crippen LogP contribution in [0.5, 0.6) is 11.5 Å². The number of ether oxygens (including phenoxy) is 2. The third kappa shape index (κ3) is 13.8. The van der Waals surface area contributed by atoms with Crippen molar-refractivity contribution in [2.45, 2.75) is 96.8 Å². The highest BCUT2D eigenvalue weighted by Crippen LogP contribution is 2.28. The van der Waals surface area contributed by atoms with Crippen LogP contribution in [0.1, 0.15) is 107 Å². The van der Waals surface area contributed by atoms with Crippen molar-refractivity contribution in [3.63, 3.8) is 0 Å². The van der Waals surface area contributed by atoms with Gasteiger partial charge in [-0.25, -0.2) is 0 Å². The van der Waals surface area contributed by atoms with Crippen LogP contribution in [-0.2, 0) is 0 Å². The normalized spacial score (nSPS) is 10.8. The number of carbonyl (C=O) groups excluding carboxylic acids is 1. The molecule has 3 nitrogen and oxygen atoms in total. The predicted octanol–water partition coefficient (Wildman–Crippen LogP) is 8.13. The topological polar surface area (TPSA) is 35.5 Å². The summed E-state index contributed by atoms with van der Waals surface area (Å²) >= 11 is 3.46. The van der Waals surface area contributed by atoms with Crippen LogP contribution in [0.2, 0.25) is 0 Å². The molecular formula is C25H41BrO3. The molecule has 0 bridgehead atoms. The Balaban J connectivity index is 2.20. The number of hydrogen-bond donors (Lipinski definition) is 0. The second-order valence-electron chi connectivity index (χ2n) is 7.81. The quantitative estimate of drug-likeness (QED) is 0.110. The molecule has 4 heteroatoms. The highest BCUT2D eigenvalue weighted by molar-refractivity contribution is 9.09. The molecule has 1 aromatic carbocycles. The second kappa shape index (κ2) is 19.0. The van der Waals surface area contributed by atoms with Crippen LogP contribution < -0.4 is 9.47 Å². The first-order valence-corrected chi connectivity index (χ1v) is 12.8. The fourth-order valence-electron chi connectivity index (χ4n) is 3.33. The zero-order valence-electron chi connectivity index (χ0n) is 18.4. The molecule has 1 rings (SSSR count). The number of rotatable bonds is 20. The minimum absolute atomic E-state index is 0.630. The maximum absolute atomic E-state index is 11.1. The van der Waals surface area contributed by atoms with E-state index in [-0.39, 0.29) is 0 Å². The average Bonchev–Trinajstić information content (AvgIpc) is 2.75. The number of halogens is 1. The Kier molecular flexibility index (Phi) is 17.0. The summed E-state index contributed by atoms with van der Waals surface area (Å²) < 4.78 is 11.9. The number of hydrogen-bond acceptors (Lipinski definition) is 3. The first-order valence-electron chi connectivity index (χ1n) is 11.7. The predicted molar refractivity (Wildman–Crippen MR) is 127 cm³/mol. The number of benzene rings is 1. The number of aldehydes is 1. The van der Waals surface area contributed by atoms with E-state index in [1.807, 2.05) is 6.07 Å². The van der Waals surface area contributed by atoms with Gasteiger partial charge in [0.05, 0.1) is 13.2 Å². The average molecular weight is 470 g/mol. The Hall–Kier alpha value is -1.03. The molecule has 0 radical (unpaired) electrons. The lowest BCUT2D eigenvalue weighted by atomic mass is 10.1. The lowest BCUT2D eigenvalue weighted by molar-refractivity contribution is 0.112. The molecule has 166 valence electrons. The molecule has 29 heavy (non-hydrogen) atoms. The van der Waals surface area contributed by atoms with Crippen LogP contribution in [0, 0.1) is 0 Å². The molecule has 0 aromatic heterocycles. The van der Waals surface area contributed by atoms with Crippen molar-refractivity contribution >= 4 is 22.2 Å². The van der Waals surface area contributed by atoms with E-state index in [2.05, 4.69) is 22.9 Å². The van der Waals surface area contributed by atoms with Crippen molar-refractivity contribution in [1.29, 1.82) is 0 Å². The van der Waals surface area contributed by atoms with Gasteiger partial charge in [-0.1, -0.05) is 93.5 Å². The minimum atomic E-state index is 0.630.